The van der Waals surface area contributed by atoms with E-state index >= 15 is 0 Å². The number of amides is 1. The quantitative estimate of drug-likeness (QED) is 0.691. The van der Waals surface area contributed by atoms with Crippen molar-refractivity contribution in [2.24, 2.45) is 7.05 Å². The Kier molecular flexibility index (Phi) is 6.87. The molecule has 0 aromatic carbocycles. The fraction of sp³-hybridized carbons (Fsp3) is 0.600. The van der Waals surface area contributed by atoms with Gasteiger partial charge in [0.15, 0.2) is 5.69 Å². The fourth-order valence-corrected chi connectivity index (χ4v) is 5.11. The first-order chi connectivity index (χ1) is 14.1. The Morgan fingerprint density at radius 3 is 2.97 bits per heavy atom. The molecule has 0 saturated carbocycles. The molecule has 1 atom stereocenters. The highest BCUT2D eigenvalue weighted by Crippen LogP contribution is 2.26. The number of aromatic nitrogens is 2. The summed E-state index contributed by atoms with van der Waals surface area (Å²) in [6, 6.07) is 4.33. The molecule has 1 aliphatic heterocycles. The van der Waals surface area contributed by atoms with Crippen LogP contribution in [0.4, 0.5) is 0 Å². The molecule has 2 aliphatic rings. The maximum Gasteiger partial charge on any atom is 0.272 e. The SMILES string of the molecule is Cn1nc(C(=O)NCCN2CCOCC2)c2c1CCC(NCc1ccc(Cl)s1)C2. The highest BCUT2D eigenvalue weighted by molar-refractivity contribution is 7.16. The average Bonchev–Trinajstić information content (AvgIpc) is 3.30. The molecule has 2 N–H and O–H groups in total. The van der Waals surface area contributed by atoms with Gasteiger partial charge in [-0.05, 0) is 31.4 Å². The number of carbonyl (C=O) groups excluding carboxylic acids is 1. The molecule has 4 rings (SSSR count). The average molecular weight is 438 g/mol. The van der Waals surface area contributed by atoms with Gasteiger partial charge in [-0.25, -0.2) is 0 Å². The van der Waals surface area contributed by atoms with Crippen LogP contribution < -0.4 is 10.6 Å². The molecule has 1 aliphatic carbocycles. The van der Waals surface area contributed by atoms with E-state index in [1.807, 2.05) is 17.8 Å². The van der Waals surface area contributed by atoms with Gasteiger partial charge >= 0.3 is 0 Å². The van der Waals surface area contributed by atoms with Crippen molar-refractivity contribution in [1.29, 1.82) is 0 Å². The number of carbonyl (C=O) groups is 1. The highest BCUT2D eigenvalue weighted by Gasteiger charge is 2.28. The maximum absolute atomic E-state index is 12.8. The Morgan fingerprint density at radius 1 is 1.38 bits per heavy atom. The van der Waals surface area contributed by atoms with Crippen molar-refractivity contribution < 1.29 is 9.53 Å². The molecule has 158 valence electrons. The molecule has 2 aromatic heterocycles. The van der Waals surface area contributed by atoms with Crippen LogP contribution >= 0.6 is 22.9 Å². The first-order valence-corrected chi connectivity index (χ1v) is 11.4. The summed E-state index contributed by atoms with van der Waals surface area (Å²) in [5.74, 6) is -0.0687. The second kappa shape index (κ2) is 9.57. The summed E-state index contributed by atoms with van der Waals surface area (Å²) in [5, 5.41) is 11.2. The largest absolute Gasteiger partial charge is 0.379 e. The van der Waals surface area contributed by atoms with Gasteiger partial charge in [0.2, 0.25) is 0 Å². The zero-order valence-corrected chi connectivity index (χ0v) is 18.3. The Morgan fingerprint density at radius 2 is 2.21 bits per heavy atom. The third kappa shape index (κ3) is 5.19. The predicted octanol–water partition coefficient (Wildman–Crippen LogP) is 1.84. The lowest BCUT2D eigenvalue weighted by Gasteiger charge is -2.26. The Bertz CT molecular complexity index is 846. The maximum atomic E-state index is 12.8. The van der Waals surface area contributed by atoms with Crippen LogP contribution in [0.3, 0.4) is 0 Å². The van der Waals surface area contributed by atoms with Gasteiger partial charge in [0, 0.05) is 61.9 Å². The molecule has 1 amide bonds. The first-order valence-electron chi connectivity index (χ1n) is 10.2. The molecule has 1 saturated heterocycles. The zero-order valence-electron chi connectivity index (χ0n) is 16.7. The molecular weight excluding hydrogens is 410 g/mol. The highest BCUT2D eigenvalue weighted by atomic mass is 35.5. The number of nitrogens with one attached hydrogen (secondary N) is 2. The second-order valence-corrected chi connectivity index (χ2v) is 9.43. The third-order valence-corrected chi connectivity index (χ3v) is 6.91. The first kappa shape index (κ1) is 20.8. The van der Waals surface area contributed by atoms with E-state index in [0.29, 0.717) is 18.3 Å². The van der Waals surface area contributed by atoms with Crippen LogP contribution in [0.5, 0.6) is 0 Å². The lowest BCUT2D eigenvalue weighted by atomic mass is 9.91. The summed E-state index contributed by atoms with van der Waals surface area (Å²) in [6.45, 7) is 5.68. The Labute approximate surface area is 180 Å². The molecule has 3 heterocycles. The second-order valence-electron chi connectivity index (χ2n) is 7.63. The lowest BCUT2D eigenvalue weighted by molar-refractivity contribution is 0.0383. The number of thiophene rings is 1. The summed E-state index contributed by atoms with van der Waals surface area (Å²) >= 11 is 7.63. The number of hydrogen-bond donors (Lipinski definition) is 2. The monoisotopic (exact) mass is 437 g/mol. The smallest absolute Gasteiger partial charge is 0.272 e. The molecule has 7 nitrogen and oxygen atoms in total. The van der Waals surface area contributed by atoms with Crippen LogP contribution in [-0.4, -0.2) is 66.0 Å². The van der Waals surface area contributed by atoms with Gasteiger partial charge in [0.1, 0.15) is 0 Å². The minimum Gasteiger partial charge on any atom is -0.379 e. The van der Waals surface area contributed by atoms with E-state index in [9.17, 15) is 4.79 Å². The van der Waals surface area contributed by atoms with Gasteiger partial charge < -0.3 is 15.4 Å². The molecule has 1 fully saturated rings. The Balaban J connectivity index is 1.33. The summed E-state index contributed by atoms with van der Waals surface area (Å²) in [6.07, 6.45) is 2.81. The number of ether oxygens (including phenoxy) is 1. The Hall–Kier alpha value is -1.45. The van der Waals surface area contributed by atoms with Gasteiger partial charge in [-0.3, -0.25) is 14.4 Å². The normalized spacial score (nSPS) is 19.9. The van der Waals surface area contributed by atoms with E-state index in [1.165, 1.54) is 10.6 Å². The summed E-state index contributed by atoms with van der Waals surface area (Å²) in [7, 11) is 1.94. The van der Waals surface area contributed by atoms with Crippen LogP contribution in [-0.2, 0) is 31.2 Å². The topological polar surface area (TPSA) is 71.4 Å². The van der Waals surface area contributed by atoms with Gasteiger partial charge in [0.05, 0.1) is 17.6 Å². The van der Waals surface area contributed by atoms with Crippen LogP contribution in [0.1, 0.15) is 33.0 Å². The summed E-state index contributed by atoms with van der Waals surface area (Å²) in [4.78, 5) is 16.3. The van der Waals surface area contributed by atoms with E-state index in [-0.39, 0.29) is 5.91 Å². The fourth-order valence-electron chi connectivity index (χ4n) is 4.07. The van der Waals surface area contributed by atoms with Crippen LogP contribution in [0, 0.1) is 0 Å². The van der Waals surface area contributed by atoms with E-state index in [0.717, 1.165) is 68.6 Å². The minimum absolute atomic E-state index is 0.0687. The van der Waals surface area contributed by atoms with Gasteiger partial charge in [-0.2, -0.15) is 5.10 Å². The van der Waals surface area contributed by atoms with E-state index in [1.54, 1.807) is 11.3 Å². The van der Waals surface area contributed by atoms with Crippen molar-refractivity contribution in [3.63, 3.8) is 0 Å². The van der Waals surface area contributed by atoms with Crippen molar-refractivity contribution in [3.05, 3.63) is 38.3 Å². The molecule has 1 unspecified atom stereocenters. The number of rotatable bonds is 7. The van der Waals surface area contributed by atoms with Crippen LogP contribution in [0.15, 0.2) is 12.1 Å². The lowest BCUT2D eigenvalue weighted by Crippen LogP contribution is -2.41. The molecular formula is C20H28ClN5O2S. The standard InChI is InChI=1S/C20H28ClN5O2S/c1-25-17-4-2-14(23-13-15-3-5-18(21)29-15)12-16(17)19(24-25)20(27)22-6-7-26-8-10-28-11-9-26/h3,5,14,23H,2,4,6-13H2,1H3,(H,22,27). The van der Waals surface area contributed by atoms with E-state index in [2.05, 4.69) is 26.7 Å². The van der Waals surface area contributed by atoms with Crippen LogP contribution in [0.25, 0.3) is 0 Å². The third-order valence-electron chi connectivity index (χ3n) is 5.68. The number of fused-ring (bicyclic) bond motifs is 1. The van der Waals surface area contributed by atoms with Crippen molar-refractivity contribution in [2.75, 3.05) is 39.4 Å². The predicted molar refractivity (Wildman–Crippen MR) is 115 cm³/mol. The van der Waals surface area contributed by atoms with Crippen molar-refractivity contribution in [1.82, 2.24) is 25.3 Å². The molecule has 0 bridgehead atoms. The van der Waals surface area contributed by atoms with Gasteiger partial charge in [-0.1, -0.05) is 11.6 Å². The molecule has 9 heteroatoms. The molecule has 0 radical (unpaired) electrons. The molecule has 0 spiro atoms. The van der Waals surface area contributed by atoms with Crippen molar-refractivity contribution in [2.45, 2.75) is 31.8 Å². The summed E-state index contributed by atoms with van der Waals surface area (Å²) < 4.78 is 8.06. The molecule has 29 heavy (non-hydrogen) atoms. The summed E-state index contributed by atoms with van der Waals surface area (Å²) in [5.41, 5.74) is 2.85. The van der Waals surface area contributed by atoms with E-state index in [4.69, 9.17) is 16.3 Å². The van der Waals surface area contributed by atoms with Gasteiger partial charge in [-0.15, -0.1) is 11.3 Å². The number of aryl methyl sites for hydroxylation is 1. The van der Waals surface area contributed by atoms with Crippen LogP contribution in [0.2, 0.25) is 4.34 Å². The number of nitrogens with zero attached hydrogens (tertiary/aromatic N) is 3. The van der Waals surface area contributed by atoms with Crippen molar-refractivity contribution >= 4 is 28.8 Å². The van der Waals surface area contributed by atoms with E-state index < -0.39 is 0 Å². The number of halogens is 1. The number of hydrogen-bond acceptors (Lipinski definition) is 6. The molecule has 2 aromatic rings. The minimum atomic E-state index is -0.0687. The zero-order chi connectivity index (χ0) is 20.2. The van der Waals surface area contributed by atoms with Gasteiger partial charge in [0.25, 0.3) is 5.91 Å². The van der Waals surface area contributed by atoms with Crippen molar-refractivity contribution in [3.8, 4) is 0 Å². The number of morpholine rings is 1.